The van der Waals surface area contributed by atoms with Crippen molar-refractivity contribution < 1.29 is 4.79 Å². The van der Waals surface area contributed by atoms with Crippen molar-refractivity contribution in [2.75, 3.05) is 52.9 Å². The molecule has 22 heavy (non-hydrogen) atoms. The Labute approximate surface area is 152 Å². The predicted octanol–water partition coefficient (Wildman–Crippen LogP) is 1.12. The number of carbonyl (C=O) groups is 1. The van der Waals surface area contributed by atoms with Crippen LogP contribution in [0.3, 0.4) is 0 Å². The molecule has 1 heterocycles. The van der Waals surface area contributed by atoms with E-state index in [-0.39, 0.29) is 24.0 Å². The topological polar surface area (TPSA) is 60.0 Å². The number of guanidine groups is 1. The van der Waals surface area contributed by atoms with Gasteiger partial charge in [0.2, 0.25) is 5.91 Å². The Balaban J connectivity index is 0.00000441. The lowest BCUT2D eigenvalue weighted by Gasteiger charge is -2.17. The first-order valence-electron chi connectivity index (χ1n) is 8.15. The van der Waals surface area contributed by atoms with Gasteiger partial charge in [0.1, 0.15) is 0 Å². The summed E-state index contributed by atoms with van der Waals surface area (Å²) in [5, 5.41) is 6.59. The van der Waals surface area contributed by atoms with Crippen LogP contribution in [0.5, 0.6) is 0 Å². The van der Waals surface area contributed by atoms with E-state index in [2.05, 4.69) is 41.4 Å². The Kier molecular flexibility index (Phi) is 12.6. The fourth-order valence-corrected chi connectivity index (χ4v) is 2.26. The summed E-state index contributed by atoms with van der Waals surface area (Å²) in [6, 6.07) is 0. The van der Waals surface area contributed by atoms with Gasteiger partial charge in [0.05, 0.1) is 0 Å². The van der Waals surface area contributed by atoms with Gasteiger partial charge in [0.15, 0.2) is 5.96 Å². The smallest absolute Gasteiger partial charge is 0.222 e. The zero-order chi connectivity index (χ0) is 15.5. The van der Waals surface area contributed by atoms with Crippen LogP contribution in [0.4, 0.5) is 0 Å². The highest BCUT2D eigenvalue weighted by molar-refractivity contribution is 14.0. The molecule has 1 aliphatic heterocycles. The number of halogens is 1. The number of nitrogens with zero attached hydrogens (tertiary/aromatic N) is 3. The Morgan fingerprint density at radius 2 is 2.14 bits per heavy atom. The number of likely N-dealkylation sites (N-methyl/N-ethyl adjacent to an activating group) is 1. The second kappa shape index (κ2) is 12.9. The summed E-state index contributed by atoms with van der Waals surface area (Å²) in [5.41, 5.74) is 0. The zero-order valence-corrected chi connectivity index (χ0v) is 16.6. The van der Waals surface area contributed by atoms with Gasteiger partial charge in [-0.05, 0) is 33.4 Å². The van der Waals surface area contributed by atoms with Gasteiger partial charge in [0.25, 0.3) is 0 Å². The van der Waals surface area contributed by atoms with E-state index in [9.17, 15) is 4.79 Å². The van der Waals surface area contributed by atoms with Crippen molar-refractivity contribution in [1.29, 1.82) is 0 Å². The molecule has 130 valence electrons. The fraction of sp³-hybridized carbons (Fsp3) is 0.867. The van der Waals surface area contributed by atoms with E-state index < -0.39 is 0 Å². The first-order chi connectivity index (χ1) is 10.2. The van der Waals surface area contributed by atoms with Crippen molar-refractivity contribution in [3.8, 4) is 0 Å². The SMILES string of the molecule is CCNC(=NCCCN1CCCC1=O)NCCN(C)CC.I. The van der Waals surface area contributed by atoms with Crippen molar-refractivity contribution in [2.24, 2.45) is 4.99 Å². The molecule has 1 aliphatic rings. The molecule has 0 atom stereocenters. The number of rotatable bonds is 9. The number of likely N-dealkylation sites (tertiary alicyclic amines) is 1. The third-order valence-electron chi connectivity index (χ3n) is 3.70. The van der Waals surface area contributed by atoms with Crippen LogP contribution in [0.25, 0.3) is 0 Å². The summed E-state index contributed by atoms with van der Waals surface area (Å²) in [6.07, 6.45) is 2.66. The van der Waals surface area contributed by atoms with Crippen molar-refractivity contribution in [3.63, 3.8) is 0 Å². The average Bonchev–Trinajstić information content (AvgIpc) is 2.88. The van der Waals surface area contributed by atoms with E-state index in [1.807, 2.05) is 4.90 Å². The van der Waals surface area contributed by atoms with Crippen LogP contribution in [0.15, 0.2) is 4.99 Å². The molecule has 0 aromatic carbocycles. The number of amides is 1. The number of hydrogen-bond acceptors (Lipinski definition) is 3. The van der Waals surface area contributed by atoms with Gasteiger partial charge in [-0.1, -0.05) is 6.92 Å². The lowest BCUT2D eigenvalue weighted by Crippen LogP contribution is -2.41. The van der Waals surface area contributed by atoms with E-state index in [0.29, 0.717) is 5.91 Å². The second-order valence-electron chi connectivity index (χ2n) is 5.42. The lowest BCUT2D eigenvalue weighted by atomic mass is 10.4. The van der Waals surface area contributed by atoms with Crippen molar-refractivity contribution in [1.82, 2.24) is 20.4 Å². The molecule has 0 saturated carbocycles. The highest BCUT2D eigenvalue weighted by Gasteiger charge is 2.18. The average molecular weight is 425 g/mol. The first kappa shape index (κ1) is 21.4. The van der Waals surface area contributed by atoms with Gasteiger partial charge < -0.3 is 20.4 Å². The molecule has 1 rings (SSSR count). The Bertz CT molecular complexity index is 338. The monoisotopic (exact) mass is 425 g/mol. The lowest BCUT2D eigenvalue weighted by molar-refractivity contribution is -0.127. The van der Waals surface area contributed by atoms with Crippen LogP contribution >= 0.6 is 24.0 Å². The minimum Gasteiger partial charge on any atom is -0.357 e. The van der Waals surface area contributed by atoms with Crippen LogP contribution in [0.1, 0.15) is 33.1 Å². The largest absolute Gasteiger partial charge is 0.357 e. The third kappa shape index (κ3) is 8.77. The van der Waals surface area contributed by atoms with Crippen molar-refractivity contribution >= 4 is 35.8 Å². The standard InChI is InChI=1S/C15H31N5O.HI/c1-4-16-15(18-10-13-19(3)5-2)17-9-7-12-20-11-6-8-14(20)21;/h4-13H2,1-3H3,(H2,16,17,18);1H. The number of aliphatic imine (C=N–C) groups is 1. The zero-order valence-electron chi connectivity index (χ0n) is 14.2. The summed E-state index contributed by atoms with van der Waals surface area (Å²) < 4.78 is 0. The van der Waals surface area contributed by atoms with E-state index in [1.165, 1.54) is 0 Å². The van der Waals surface area contributed by atoms with Gasteiger partial charge in [-0.25, -0.2) is 0 Å². The molecule has 2 N–H and O–H groups in total. The molecule has 0 spiro atoms. The van der Waals surface area contributed by atoms with Crippen LogP contribution in [-0.4, -0.2) is 74.5 Å². The molecule has 0 unspecified atom stereocenters. The molecule has 1 saturated heterocycles. The Hall–Kier alpha value is -0.570. The van der Waals surface area contributed by atoms with Crippen molar-refractivity contribution in [3.05, 3.63) is 0 Å². The molecular formula is C15H32IN5O. The quantitative estimate of drug-likeness (QED) is 0.252. The summed E-state index contributed by atoms with van der Waals surface area (Å²) in [4.78, 5) is 20.3. The third-order valence-corrected chi connectivity index (χ3v) is 3.70. The maximum atomic E-state index is 11.5. The van der Waals surface area contributed by atoms with E-state index in [0.717, 1.165) is 71.0 Å². The maximum absolute atomic E-state index is 11.5. The molecular weight excluding hydrogens is 393 g/mol. The van der Waals surface area contributed by atoms with E-state index in [4.69, 9.17) is 0 Å². The molecule has 0 bridgehead atoms. The number of carbonyl (C=O) groups excluding carboxylic acids is 1. The molecule has 0 aromatic rings. The van der Waals surface area contributed by atoms with E-state index in [1.54, 1.807) is 0 Å². The van der Waals surface area contributed by atoms with Gasteiger partial charge in [-0.15, -0.1) is 24.0 Å². The summed E-state index contributed by atoms with van der Waals surface area (Å²) >= 11 is 0. The highest BCUT2D eigenvalue weighted by Crippen LogP contribution is 2.09. The minimum atomic E-state index is 0. The first-order valence-corrected chi connectivity index (χ1v) is 8.15. The van der Waals surface area contributed by atoms with Crippen molar-refractivity contribution in [2.45, 2.75) is 33.1 Å². The normalized spacial score (nSPS) is 15.2. The number of nitrogens with one attached hydrogen (secondary N) is 2. The predicted molar refractivity (Wildman–Crippen MR) is 103 cm³/mol. The second-order valence-corrected chi connectivity index (χ2v) is 5.42. The molecule has 6 nitrogen and oxygen atoms in total. The Morgan fingerprint density at radius 3 is 2.73 bits per heavy atom. The summed E-state index contributed by atoms with van der Waals surface area (Å²) in [5.74, 6) is 1.17. The van der Waals surface area contributed by atoms with Gasteiger partial charge in [0, 0.05) is 45.7 Å². The van der Waals surface area contributed by atoms with E-state index >= 15 is 0 Å². The molecule has 1 fully saturated rings. The molecule has 0 radical (unpaired) electrons. The summed E-state index contributed by atoms with van der Waals surface area (Å²) in [6.45, 7) is 10.5. The molecule has 7 heteroatoms. The van der Waals surface area contributed by atoms with Crippen LogP contribution in [-0.2, 0) is 4.79 Å². The molecule has 1 amide bonds. The molecule has 0 aliphatic carbocycles. The Morgan fingerprint density at radius 1 is 1.36 bits per heavy atom. The van der Waals surface area contributed by atoms with Gasteiger partial charge in [-0.3, -0.25) is 9.79 Å². The van der Waals surface area contributed by atoms with Crippen LogP contribution in [0.2, 0.25) is 0 Å². The highest BCUT2D eigenvalue weighted by atomic mass is 127. The maximum Gasteiger partial charge on any atom is 0.222 e. The van der Waals surface area contributed by atoms with Gasteiger partial charge >= 0.3 is 0 Å². The van der Waals surface area contributed by atoms with Gasteiger partial charge in [-0.2, -0.15) is 0 Å². The summed E-state index contributed by atoms with van der Waals surface area (Å²) in [7, 11) is 2.11. The minimum absolute atomic E-state index is 0. The number of hydrogen-bond donors (Lipinski definition) is 2. The van der Waals surface area contributed by atoms with Crippen LogP contribution < -0.4 is 10.6 Å². The fourth-order valence-electron chi connectivity index (χ4n) is 2.26. The molecule has 0 aromatic heterocycles. The van der Waals surface area contributed by atoms with Crippen LogP contribution in [0, 0.1) is 0 Å².